The Kier molecular flexibility index (Phi) is 3.53. The van der Waals surface area contributed by atoms with Crippen LogP contribution in [0.5, 0.6) is 5.75 Å². The molecule has 0 aliphatic carbocycles. The molecule has 3 rings (SSSR count). The highest BCUT2D eigenvalue weighted by atomic mass is 32.2. The van der Waals surface area contributed by atoms with Crippen molar-refractivity contribution in [2.75, 3.05) is 7.11 Å². The van der Waals surface area contributed by atoms with Crippen molar-refractivity contribution in [3.8, 4) is 5.75 Å². The summed E-state index contributed by atoms with van der Waals surface area (Å²) in [6.45, 7) is 0. The predicted octanol–water partition coefficient (Wildman–Crippen LogP) is 2.80. The molecule has 7 nitrogen and oxygen atoms in total. The van der Waals surface area contributed by atoms with E-state index in [-0.39, 0.29) is 10.6 Å². The fraction of sp³-hybridized carbons (Fsp3) is 0.0667. The number of fused-ring (bicyclic) bond motifs is 1. The first-order chi connectivity index (χ1) is 10.9. The lowest BCUT2D eigenvalue weighted by molar-refractivity contribution is -0.385. The molecule has 0 atom stereocenters. The number of nitro groups is 1. The van der Waals surface area contributed by atoms with E-state index in [0.717, 1.165) is 10.0 Å². The average Bonchev–Trinajstić information content (AvgIpc) is 2.98. The maximum Gasteiger partial charge on any atom is 0.270 e. The number of non-ortho nitro benzene ring substituents is 1. The molecule has 0 amide bonds. The number of rotatable bonds is 4. The van der Waals surface area contributed by atoms with Crippen LogP contribution in [-0.2, 0) is 10.0 Å². The fourth-order valence-electron chi connectivity index (χ4n) is 2.30. The Morgan fingerprint density at radius 3 is 2.61 bits per heavy atom. The summed E-state index contributed by atoms with van der Waals surface area (Å²) >= 11 is 0. The SMILES string of the molecule is COc1ccc2c(ccn2S(=O)(=O)c2cccc([N+](=O)[O-])c2)c1. The average molecular weight is 332 g/mol. The van der Waals surface area contributed by atoms with E-state index in [4.69, 9.17) is 4.74 Å². The van der Waals surface area contributed by atoms with Gasteiger partial charge < -0.3 is 4.74 Å². The van der Waals surface area contributed by atoms with Gasteiger partial charge in [0.05, 0.1) is 22.4 Å². The molecular formula is C15H12N2O5S. The van der Waals surface area contributed by atoms with Crippen LogP contribution in [0.1, 0.15) is 0 Å². The topological polar surface area (TPSA) is 91.4 Å². The molecule has 0 N–H and O–H groups in total. The van der Waals surface area contributed by atoms with Crippen LogP contribution < -0.4 is 4.74 Å². The van der Waals surface area contributed by atoms with Crippen LogP contribution >= 0.6 is 0 Å². The van der Waals surface area contributed by atoms with Crippen LogP contribution in [0.2, 0.25) is 0 Å². The first kappa shape index (κ1) is 15.0. The molecule has 1 aromatic heterocycles. The second kappa shape index (κ2) is 5.40. The third-order valence-corrected chi connectivity index (χ3v) is 5.13. The molecule has 0 unspecified atom stereocenters. The monoisotopic (exact) mass is 332 g/mol. The van der Waals surface area contributed by atoms with Gasteiger partial charge in [0.15, 0.2) is 0 Å². The predicted molar refractivity (Wildman–Crippen MR) is 84.2 cm³/mol. The van der Waals surface area contributed by atoms with Crippen molar-refractivity contribution in [1.29, 1.82) is 0 Å². The highest BCUT2D eigenvalue weighted by molar-refractivity contribution is 7.90. The molecule has 0 radical (unpaired) electrons. The second-order valence-corrected chi connectivity index (χ2v) is 6.61. The van der Waals surface area contributed by atoms with Gasteiger partial charge >= 0.3 is 0 Å². The third-order valence-electron chi connectivity index (χ3n) is 3.45. The Hall–Kier alpha value is -2.87. The zero-order valence-corrected chi connectivity index (χ0v) is 12.9. The maximum atomic E-state index is 12.7. The van der Waals surface area contributed by atoms with E-state index in [0.29, 0.717) is 16.7 Å². The van der Waals surface area contributed by atoms with Gasteiger partial charge in [0.25, 0.3) is 15.7 Å². The molecule has 0 saturated heterocycles. The molecule has 118 valence electrons. The summed E-state index contributed by atoms with van der Waals surface area (Å²) in [7, 11) is -2.40. The molecule has 23 heavy (non-hydrogen) atoms. The molecular weight excluding hydrogens is 320 g/mol. The van der Waals surface area contributed by atoms with E-state index in [1.54, 1.807) is 24.3 Å². The number of hydrogen-bond acceptors (Lipinski definition) is 5. The maximum absolute atomic E-state index is 12.7. The fourth-order valence-corrected chi connectivity index (χ4v) is 3.70. The number of hydrogen-bond donors (Lipinski definition) is 0. The quantitative estimate of drug-likeness (QED) is 0.541. The molecule has 1 heterocycles. The van der Waals surface area contributed by atoms with Crippen LogP contribution in [0.25, 0.3) is 10.9 Å². The third kappa shape index (κ3) is 2.53. The number of nitro benzene ring substituents is 1. The summed E-state index contributed by atoms with van der Waals surface area (Å²) in [5.74, 6) is 0.614. The van der Waals surface area contributed by atoms with Gasteiger partial charge in [-0.25, -0.2) is 12.4 Å². The smallest absolute Gasteiger partial charge is 0.270 e. The van der Waals surface area contributed by atoms with Gasteiger partial charge in [0.1, 0.15) is 5.75 Å². The van der Waals surface area contributed by atoms with Gasteiger partial charge in [-0.3, -0.25) is 10.1 Å². The van der Waals surface area contributed by atoms with Crippen molar-refractivity contribution < 1.29 is 18.1 Å². The van der Waals surface area contributed by atoms with Gasteiger partial charge in [0.2, 0.25) is 0 Å². The van der Waals surface area contributed by atoms with Gasteiger partial charge in [0, 0.05) is 23.7 Å². The van der Waals surface area contributed by atoms with Crippen LogP contribution in [0.3, 0.4) is 0 Å². The Morgan fingerprint density at radius 1 is 1.13 bits per heavy atom. The van der Waals surface area contributed by atoms with Crippen molar-refractivity contribution in [3.05, 3.63) is 64.8 Å². The zero-order chi connectivity index (χ0) is 16.6. The minimum atomic E-state index is -3.93. The first-order valence-electron chi connectivity index (χ1n) is 6.58. The van der Waals surface area contributed by atoms with Gasteiger partial charge in [-0.15, -0.1) is 0 Å². The number of methoxy groups -OCH3 is 1. The molecule has 0 saturated carbocycles. The number of nitrogens with zero attached hydrogens (tertiary/aromatic N) is 2. The Morgan fingerprint density at radius 2 is 1.91 bits per heavy atom. The molecule has 8 heteroatoms. The van der Waals surface area contributed by atoms with Crippen LogP contribution in [0.15, 0.2) is 59.6 Å². The lowest BCUT2D eigenvalue weighted by Gasteiger charge is -2.08. The van der Waals surface area contributed by atoms with Crippen LogP contribution in [-0.4, -0.2) is 24.4 Å². The molecule has 0 aliphatic rings. The summed E-state index contributed by atoms with van der Waals surface area (Å²) in [4.78, 5) is 10.1. The summed E-state index contributed by atoms with van der Waals surface area (Å²) in [5, 5.41) is 11.5. The summed E-state index contributed by atoms with van der Waals surface area (Å²) in [5.41, 5.74) is 0.196. The molecule has 0 bridgehead atoms. The minimum Gasteiger partial charge on any atom is -0.497 e. The van der Waals surface area contributed by atoms with E-state index in [1.807, 2.05) is 0 Å². The van der Waals surface area contributed by atoms with Crippen LogP contribution in [0.4, 0.5) is 5.69 Å². The normalized spacial score (nSPS) is 11.5. The number of aromatic nitrogens is 1. The standard InChI is InChI=1S/C15H12N2O5S/c1-22-13-5-6-15-11(9-13)7-8-16(15)23(20,21)14-4-2-3-12(10-14)17(18)19/h2-10H,1H3. The Bertz CT molecular complexity index is 1010. The minimum absolute atomic E-state index is 0.139. The van der Waals surface area contributed by atoms with E-state index in [2.05, 4.69) is 0 Å². The Balaban J connectivity index is 2.17. The van der Waals surface area contributed by atoms with Crippen molar-refractivity contribution in [3.63, 3.8) is 0 Å². The summed E-state index contributed by atoms with van der Waals surface area (Å²) in [6.07, 6.45) is 1.41. The second-order valence-electron chi connectivity index (χ2n) is 4.80. The largest absolute Gasteiger partial charge is 0.497 e. The molecule has 3 aromatic rings. The highest BCUT2D eigenvalue weighted by Crippen LogP contribution is 2.26. The van der Waals surface area contributed by atoms with Crippen molar-refractivity contribution in [2.45, 2.75) is 4.90 Å². The van der Waals surface area contributed by atoms with Crippen LogP contribution in [0, 0.1) is 10.1 Å². The van der Waals surface area contributed by atoms with Crippen molar-refractivity contribution in [1.82, 2.24) is 3.97 Å². The lowest BCUT2D eigenvalue weighted by Crippen LogP contribution is -2.12. The zero-order valence-electron chi connectivity index (χ0n) is 12.0. The van der Waals surface area contributed by atoms with Crippen molar-refractivity contribution in [2.24, 2.45) is 0 Å². The molecule has 2 aromatic carbocycles. The van der Waals surface area contributed by atoms with E-state index < -0.39 is 14.9 Å². The van der Waals surface area contributed by atoms with Gasteiger partial charge in [-0.1, -0.05) is 6.07 Å². The first-order valence-corrected chi connectivity index (χ1v) is 8.02. The molecule has 0 spiro atoms. The van der Waals surface area contributed by atoms with E-state index in [1.165, 1.54) is 31.5 Å². The number of benzene rings is 2. The highest BCUT2D eigenvalue weighted by Gasteiger charge is 2.21. The summed E-state index contributed by atoms with van der Waals surface area (Å²) < 4.78 is 31.7. The Labute approximate surface area is 131 Å². The van der Waals surface area contributed by atoms with Gasteiger partial charge in [-0.05, 0) is 30.3 Å². The van der Waals surface area contributed by atoms with Crippen molar-refractivity contribution >= 4 is 26.6 Å². The van der Waals surface area contributed by atoms with Gasteiger partial charge in [-0.2, -0.15) is 0 Å². The van der Waals surface area contributed by atoms with E-state index in [9.17, 15) is 18.5 Å². The lowest BCUT2D eigenvalue weighted by atomic mass is 10.2. The molecule has 0 aliphatic heterocycles. The number of ether oxygens (including phenoxy) is 1. The van der Waals surface area contributed by atoms with E-state index >= 15 is 0 Å². The molecule has 0 fully saturated rings. The summed E-state index contributed by atoms with van der Waals surface area (Å²) in [6, 6.07) is 11.6.